The van der Waals surface area contributed by atoms with Crippen molar-refractivity contribution in [2.45, 2.75) is 24.2 Å². The third kappa shape index (κ3) is 5.33. The zero-order valence-corrected chi connectivity index (χ0v) is 17.9. The Kier molecular flexibility index (Phi) is 7.13. The average molecular weight is 448 g/mol. The number of carbonyl (C=O) groups excluding carboxylic acids is 2. The Morgan fingerprint density at radius 3 is 2.48 bits per heavy atom. The first-order valence-electron chi connectivity index (χ1n) is 9.76. The third-order valence-electron chi connectivity index (χ3n) is 4.86. The Bertz CT molecular complexity index is 1060. The second kappa shape index (κ2) is 9.80. The van der Waals surface area contributed by atoms with Crippen molar-refractivity contribution in [3.8, 4) is 11.5 Å². The first kappa shape index (κ1) is 22.6. The van der Waals surface area contributed by atoms with Crippen LogP contribution in [0.4, 0.5) is 5.69 Å². The third-order valence-corrected chi connectivity index (χ3v) is 6.75. The van der Waals surface area contributed by atoms with Crippen LogP contribution in [0, 0.1) is 0 Å². The number of piperidine rings is 1. The molecule has 0 spiro atoms. The number of para-hydroxylation sites is 1. The summed E-state index contributed by atoms with van der Waals surface area (Å²) in [5.41, 5.74) is 0.0756. The SMILES string of the molecule is COc1ccc(S(=O)(=O)N2CCCCC2)cc1NC(=O)COC(=O)c1ccccc1O. The van der Waals surface area contributed by atoms with Crippen LogP contribution in [-0.2, 0) is 19.6 Å². The van der Waals surface area contributed by atoms with E-state index in [9.17, 15) is 23.1 Å². The molecule has 0 radical (unpaired) electrons. The summed E-state index contributed by atoms with van der Waals surface area (Å²) in [4.78, 5) is 24.4. The molecule has 10 heteroatoms. The number of rotatable bonds is 7. The second-order valence-corrected chi connectivity index (χ2v) is 8.91. The van der Waals surface area contributed by atoms with Gasteiger partial charge in [-0.2, -0.15) is 4.31 Å². The number of benzene rings is 2. The van der Waals surface area contributed by atoms with Crippen molar-refractivity contribution in [2.75, 3.05) is 32.1 Å². The molecular weight excluding hydrogens is 424 g/mol. The molecule has 31 heavy (non-hydrogen) atoms. The minimum atomic E-state index is -3.70. The summed E-state index contributed by atoms with van der Waals surface area (Å²) in [6.45, 7) is 0.288. The second-order valence-electron chi connectivity index (χ2n) is 6.97. The zero-order chi connectivity index (χ0) is 22.4. The Morgan fingerprint density at radius 2 is 1.81 bits per heavy atom. The monoisotopic (exact) mass is 448 g/mol. The fourth-order valence-electron chi connectivity index (χ4n) is 3.24. The molecule has 1 amide bonds. The van der Waals surface area contributed by atoms with Gasteiger partial charge in [0.1, 0.15) is 17.1 Å². The van der Waals surface area contributed by atoms with Gasteiger partial charge in [0.05, 0.1) is 17.7 Å². The molecule has 0 unspecified atom stereocenters. The number of nitrogens with one attached hydrogen (secondary N) is 1. The maximum absolute atomic E-state index is 12.9. The Balaban J connectivity index is 1.71. The lowest BCUT2D eigenvalue weighted by Gasteiger charge is -2.26. The topological polar surface area (TPSA) is 122 Å². The smallest absolute Gasteiger partial charge is 0.342 e. The number of phenolic OH excluding ortho intramolecular Hbond substituents is 1. The number of aromatic hydroxyl groups is 1. The highest BCUT2D eigenvalue weighted by Crippen LogP contribution is 2.30. The van der Waals surface area contributed by atoms with Crippen LogP contribution in [0.1, 0.15) is 29.6 Å². The molecule has 0 bridgehead atoms. The lowest BCUT2D eigenvalue weighted by atomic mass is 10.2. The lowest BCUT2D eigenvalue weighted by Crippen LogP contribution is -2.35. The van der Waals surface area contributed by atoms with E-state index in [1.54, 1.807) is 12.1 Å². The van der Waals surface area contributed by atoms with E-state index in [1.165, 1.54) is 41.7 Å². The normalized spacial score (nSPS) is 14.6. The number of esters is 1. The van der Waals surface area contributed by atoms with Crippen molar-refractivity contribution in [1.29, 1.82) is 0 Å². The molecule has 0 aromatic heterocycles. The van der Waals surface area contributed by atoms with Crippen molar-refractivity contribution in [3.05, 3.63) is 48.0 Å². The number of hydrogen-bond acceptors (Lipinski definition) is 7. The molecule has 3 rings (SSSR count). The quantitative estimate of drug-likeness (QED) is 0.624. The van der Waals surface area contributed by atoms with Crippen LogP contribution in [0.15, 0.2) is 47.4 Å². The van der Waals surface area contributed by atoms with Crippen LogP contribution in [0.2, 0.25) is 0 Å². The Labute approximate surface area is 180 Å². The molecule has 0 saturated carbocycles. The largest absolute Gasteiger partial charge is 0.507 e. The molecule has 1 saturated heterocycles. The number of methoxy groups -OCH3 is 1. The van der Waals surface area contributed by atoms with Gasteiger partial charge in [-0.1, -0.05) is 18.6 Å². The van der Waals surface area contributed by atoms with Crippen LogP contribution >= 0.6 is 0 Å². The van der Waals surface area contributed by atoms with Gasteiger partial charge in [0.15, 0.2) is 6.61 Å². The van der Waals surface area contributed by atoms with Gasteiger partial charge in [0, 0.05) is 13.1 Å². The van der Waals surface area contributed by atoms with E-state index in [4.69, 9.17) is 9.47 Å². The van der Waals surface area contributed by atoms with Crippen molar-refractivity contribution >= 4 is 27.6 Å². The van der Waals surface area contributed by atoms with Gasteiger partial charge in [-0.3, -0.25) is 4.79 Å². The number of ether oxygens (including phenoxy) is 2. The Morgan fingerprint density at radius 1 is 1.10 bits per heavy atom. The molecule has 9 nitrogen and oxygen atoms in total. The molecule has 0 aliphatic carbocycles. The molecule has 0 atom stereocenters. The number of sulfonamides is 1. The molecule has 2 aromatic carbocycles. The van der Waals surface area contributed by atoms with E-state index in [0.29, 0.717) is 13.1 Å². The van der Waals surface area contributed by atoms with Crippen LogP contribution in [0.5, 0.6) is 11.5 Å². The molecular formula is C21H24N2O7S. The van der Waals surface area contributed by atoms with Gasteiger partial charge in [-0.15, -0.1) is 0 Å². The highest BCUT2D eigenvalue weighted by molar-refractivity contribution is 7.89. The van der Waals surface area contributed by atoms with E-state index in [0.717, 1.165) is 19.3 Å². The van der Waals surface area contributed by atoms with E-state index < -0.39 is 28.5 Å². The molecule has 2 N–H and O–H groups in total. The number of phenols is 1. The first-order valence-corrected chi connectivity index (χ1v) is 11.2. The summed E-state index contributed by atoms with van der Waals surface area (Å²) in [5.74, 6) is -1.54. The fourth-order valence-corrected chi connectivity index (χ4v) is 4.78. The van der Waals surface area contributed by atoms with Gasteiger partial charge in [0.25, 0.3) is 5.91 Å². The lowest BCUT2D eigenvalue weighted by molar-refractivity contribution is -0.119. The molecule has 1 aliphatic heterocycles. The minimum absolute atomic E-state index is 0.0386. The summed E-state index contributed by atoms with van der Waals surface area (Å²) >= 11 is 0. The highest BCUT2D eigenvalue weighted by Gasteiger charge is 2.27. The average Bonchev–Trinajstić information content (AvgIpc) is 2.78. The van der Waals surface area contributed by atoms with Crippen molar-refractivity contribution in [3.63, 3.8) is 0 Å². The molecule has 1 fully saturated rings. The molecule has 2 aromatic rings. The minimum Gasteiger partial charge on any atom is -0.507 e. The Hall–Kier alpha value is -3.11. The predicted molar refractivity (Wildman–Crippen MR) is 113 cm³/mol. The van der Waals surface area contributed by atoms with E-state index in [2.05, 4.69) is 5.32 Å². The van der Waals surface area contributed by atoms with Gasteiger partial charge in [-0.25, -0.2) is 13.2 Å². The van der Waals surface area contributed by atoms with E-state index in [-0.39, 0.29) is 27.6 Å². The maximum atomic E-state index is 12.9. The van der Waals surface area contributed by atoms with E-state index in [1.807, 2.05) is 0 Å². The zero-order valence-electron chi connectivity index (χ0n) is 17.0. The molecule has 166 valence electrons. The fraction of sp³-hybridized carbons (Fsp3) is 0.333. The van der Waals surface area contributed by atoms with Crippen LogP contribution in [-0.4, -0.2) is 56.5 Å². The van der Waals surface area contributed by atoms with Gasteiger partial charge in [-0.05, 0) is 43.2 Å². The standard InChI is InChI=1S/C21H24N2O7S/c1-29-19-10-9-15(31(27,28)23-11-5-2-6-12-23)13-17(19)22-20(25)14-30-21(26)16-7-3-4-8-18(16)24/h3-4,7-10,13,24H,2,5-6,11-12,14H2,1H3,(H,22,25). The predicted octanol–water partition coefficient (Wildman–Crippen LogP) is 2.37. The highest BCUT2D eigenvalue weighted by atomic mass is 32.2. The van der Waals surface area contributed by atoms with Crippen molar-refractivity contribution in [2.24, 2.45) is 0 Å². The van der Waals surface area contributed by atoms with Crippen molar-refractivity contribution < 1.29 is 32.6 Å². The number of anilines is 1. The number of hydrogen-bond donors (Lipinski definition) is 2. The van der Waals surface area contributed by atoms with E-state index >= 15 is 0 Å². The summed E-state index contributed by atoms with van der Waals surface area (Å²) < 4.78 is 37.4. The molecule has 1 aliphatic rings. The number of amides is 1. The maximum Gasteiger partial charge on any atom is 0.342 e. The van der Waals surface area contributed by atoms with Crippen molar-refractivity contribution in [1.82, 2.24) is 4.31 Å². The van der Waals surface area contributed by atoms with Gasteiger partial charge in [0.2, 0.25) is 10.0 Å². The summed E-state index contributed by atoms with van der Waals surface area (Å²) in [6, 6.07) is 10.0. The van der Waals surface area contributed by atoms with Crippen LogP contribution in [0.25, 0.3) is 0 Å². The first-order chi connectivity index (χ1) is 14.8. The summed E-state index contributed by atoms with van der Waals surface area (Å²) in [7, 11) is -2.31. The number of carbonyl (C=O) groups is 2. The summed E-state index contributed by atoms with van der Waals surface area (Å²) in [5, 5.41) is 12.2. The number of nitrogens with zero attached hydrogens (tertiary/aromatic N) is 1. The van der Waals surface area contributed by atoms with Crippen LogP contribution < -0.4 is 10.1 Å². The molecule has 1 heterocycles. The van der Waals surface area contributed by atoms with Gasteiger partial charge >= 0.3 is 5.97 Å². The summed E-state index contributed by atoms with van der Waals surface area (Å²) in [6.07, 6.45) is 2.61. The van der Waals surface area contributed by atoms with Crippen LogP contribution in [0.3, 0.4) is 0 Å². The van der Waals surface area contributed by atoms with Gasteiger partial charge < -0.3 is 19.9 Å².